The van der Waals surface area contributed by atoms with E-state index in [1.165, 1.54) is 20.3 Å². The number of rotatable bonds is 5. The van der Waals surface area contributed by atoms with Gasteiger partial charge in [0.1, 0.15) is 11.9 Å². The van der Waals surface area contributed by atoms with Gasteiger partial charge >= 0.3 is 5.97 Å². The van der Waals surface area contributed by atoms with Crippen LogP contribution in [0.25, 0.3) is 0 Å². The Hall–Kier alpha value is -2.61. The molecule has 2 rings (SSSR count). The van der Waals surface area contributed by atoms with E-state index in [4.69, 9.17) is 14.6 Å². The summed E-state index contributed by atoms with van der Waals surface area (Å²) in [5.74, 6) is -1.71. The molecule has 0 aliphatic rings. The molecular weight excluding hydrogens is 283 g/mol. The normalized spacial score (nSPS) is 12.0. The van der Waals surface area contributed by atoms with Crippen LogP contribution in [-0.2, 0) is 0 Å². The number of carboxylic acids is 1. The highest BCUT2D eigenvalue weighted by Crippen LogP contribution is 2.34. The SMILES string of the molecule is COc1cc(F)c(C(O)c2[nH]cnc2C(=O)O)cc1OC. The van der Waals surface area contributed by atoms with Gasteiger partial charge < -0.3 is 24.7 Å². The number of aromatic nitrogens is 2. The van der Waals surface area contributed by atoms with Crippen molar-refractivity contribution in [3.8, 4) is 11.5 Å². The van der Waals surface area contributed by atoms with E-state index in [1.807, 2.05) is 0 Å². The molecule has 21 heavy (non-hydrogen) atoms. The van der Waals surface area contributed by atoms with Crippen molar-refractivity contribution >= 4 is 5.97 Å². The molecule has 0 radical (unpaired) electrons. The van der Waals surface area contributed by atoms with Crippen LogP contribution in [0.5, 0.6) is 11.5 Å². The first-order valence-electron chi connectivity index (χ1n) is 5.85. The van der Waals surface area contributed by atoms with Crippen LogP contribution in [0, 0.1) is 5.82 Å². The van der Waals surface area contributed by atoms with E-state index in [0.29, 0.717) is 0 Å². The van der Waals surface area contributed by atoms with Crippen LogP contribution in [0.15, 0.2) is 18.5 Å². The smallest absolute Gasteiger partial charge is 0.356 e. The van der Waals surface area contributed by atoms with Crippen molar-refractivity contribution in [1.29, 1.82) is 0 Å². The first-order valence-corrected chi connectivity index (χ1v) is 5.85. The molecule has 7 nitrogen and oxygen atoms in total. The number of aromatic carboxylic acids is 1. The minimum absolute atomic E-state index is 0.117. The van der Waals surface area contributed by atoms with Crippen LogP contribution in [0.1, 0.15) is 27.8 Å². The summed E-state index contributed by atoms with van der Waals surface area (Å²) >= 11 is 0. The predicted molar refractivity (Wildman–Crippen MR) is 69.1 cm³/mol. The van der Waals surface area contributed by atoms with Crippen molar-refractivity contribution in [2.75, 3.05) is 14.2 Å². The molecule has 0 fully saturated rings. The highest BCUT2D eigenvalue weighted by atomic mass is 19.1. The molecule has 0 aliphatic heterocycles. The number of hydrogen-bond acceptors (Lipinski definition) is 5. The first-order chi connectivity index (χ1) is 9.99. The number of methoxy groups -OCH3 is 2. The summed E-state index contributed by atoms with van der Waals surface area (Å²) in [5.41, 5.74) is -0.648. The van der Waals surface area contributed by atoms with Crippen molar-refractivity contribution in [2.24, 2.45) is 0 Å². The molecule has 0 bridgehead atoms. The Kier molecular flexibility index (Phi) is 4.08. The monoisotopic (exact) mass is 296 g/mol. The summed E-state index contributed by atoms with van der Waals surface area (Å²) in [4.78, 5) is 17.1. The Morgan fingerprint density at radius 1 is 1.33 bits per heavy atom. The van der Waals surface area contributed by atoms with Crippen molar-refractivity contribution in [2.45, 2.75) is 6.10 Å². The van der Waals surface area contributed by atoms with Crippen LogP contribution in [0.2, 0.25) is 0 Å². The van der Waals surface area contributed by atoms with E-state index in [2.05, 4.69) is 9.97 Å². The molecule has 112 valence electrons. The molecule has 3 N–H and O–H groups in total. The van der Waals surface area contributed by atoms with Crippen molar-refractivity contribution in [3.63, 3.8) is 0 Å². The molecule has 1 heterocycles. The lowest BCUT2D eigenvalue weighted by molar-refractivity contribution is 0.0685. The quantitative estimate of drug-likeness (QED) is 0.769. The van der Waals surface area contributed by atoms with Gasteiger partial charge in [-0.15, -0.1) is 0 Å². The van der Waals surface area contributed by atoms with Crippen LogP contribution >= 0.6 is 0 Å². The number of hydrogen-bond donors (Lipinski definition) is 3. The largest absolute Gasteiger partial charge is 0.493 e. The lowest BCUT2D eigenvalue weighted by Crippen LogP contribution is -2.10. The van der Waals surface area contributed by atoms with E-state index >= 15 is 0 Å². The van der Waals surface area contributed by atoms with Gasteiger partial charge in [0.2, 0.25) is 0 Å². The number of benzene rings is 1. The van der Waals surface area contributed by atoms with E-state index in [-0.39, 0.29) is 28.5 Å². The number of H-pyrrole nitrogens is 1. The number of carboxylic acid groups (broad SMARTS) is 1. The van der Waals surface area contributed by atoms with Gasteiger partial charge in [0.25, 0.3) is 0 Å². The van der Waals surface area contributed by atoms with Gasteiger partial charge in [0.05, 0.1) is 26.2 Å². The molecular formula is C13H13FN2O5. The third-order valence-corrected chi connectivity index (χ3v) is 2.94. The number of aliphatic hydroxyl groups is 1. The molecule has 1 unspecified atom stereocenters. The number of ether oxygens (including phenoxy) is 2. The molecule has 8 heteroatoms. The Bertz CT molecular complexity index is 671. The van der Waals surface area contributed by atoms with Crippen LogP contribution in [-0.4, -0.2) is 40.4 Å². The highest BCUT2D eigenvalue weighted by molar-refractivity contribution is 5.86. The number of aromatic amines is 1. The molecule has 0 saturated heterocycles. The summed E-state index contributed by atoms with van der Waals surface area (Å²) in [6, 6.07) is 2.29. The molecule has 0 spiro atoms. The van der Waals surface area contributed by atoms with Gasteiger partial charge in [-0.3, -0.25) is 0 Å². The fraction of sp³-hybridized carbons (Fsp3) is 0.231. The molecule has 0 aliphatic carbocycles. The van der Waals surface area contributed by atoms with Gasteiger partial charge in [-0.25, -0.2) is 14.2 Å². The maximum atomic E-state index is 14.1. The maximum absolute atomic E-state index is 14.1. The molecule has 1 aromatic heterocycles. The Morgan fingerprint density at radius 3 is 2.52 bits per heavy atom. The third-order valence-electron chi connectivity index (χ3n) is 2.94. The Morgan fingerprint density at radius 2 is 1.95 bits per heavy atom. The molecule has 1 aromatic carbocycles. The molecule has 0 saturated carbocycles. The summed E-state index contributed by atoms with van der Waals surface area (Å²) in [6.07, 6.45) is -0.417. The zero-order valence-electron chi connectivity index (χ0n) is 11.3. The minimum atomic E-state index is -1.53. The van der Waals surface area contributed by atoms with Gasteiger partial charge in [-0.05, 0) is 6.07 Å². The van der Waals surface area contributed by atoms with Gasteiger partial charge in [-0.2, -0.15) is 0 Å². The number of aliphatic hydroxyl groups excluding tert-OH is 1. The Balaban J connectivity index is 2.50. The van der Waals surface area contributed by atoms with E-state index in [0.717, 1.165) is 12.4 Å². The summed E-state index contributed by atoms with van der Waals surface area (Å²) in [5, 5.41) is 19.2. The standard InChI is InChI=1S/C13H13FN2O5/c1-20-8-3-6(7(14)4-9(8)21-2)12(17)10-11(13(18)19)16-5-15-10/h3-5,12,17H,1-2H3,(H,15,16)(H,18,19). The van der Waals surface area contributed by atoms with Gasteiger partial charge in [0.15, 0.2) is 17.2 Å². The van der Waals surface area contributed by atoms with Crippen molar-refractivity contribution < 1.29 is 28.9 Å². The van der Waals surface area contributed by atoms with E-state index in [1.54, 1.807) is 0 Å². The number of carbonyl (C=O) groups is 1. The number of imidazole rings is 1. The van der Waals surface area contributed by atoms with E-state index < -0.39 is 17.9 Å². The fourth-order valence-electron chi connectivity index (χ4n) is 1.92. The van der Waals surface area contributed by atoms with Crippen LogP contribution in [0.4, 0.5) is 4.39 Å². The second kappa shape index (κ2) is 5.80. The lowest BCUT2D eigenvalue weighted by atomic mass is 10.0. The van der Waals surface area contributed by atoms with Crippen molar-refractivity contribution in [3.05, 3.63) is 41.2 Å². The first kappa shape index (κ1) is 14.8. The number of halogens is 1. The second-order valence-electron chi connectivity index (χ2n) is 4.10. The number of nitrogens with one attached hydrogen (secondary N) is 1. The van der Waals surface area contributed by atoms with Crippen LogP contribution in [0.3, 0.4) is 0 Å². The molecule has 0 amide bonds. The van der Waals surface area contributed by atoms with Crippen molar-refractivity contribution in [1.82, 2.24) is 9.97 Å². The Labute approximate surface area is 119 Å². The average Bonchev–Trinajstić information content (AvgIpc) is 2.95. The lowest BCUT2D eigenvalue weighted by Gasteiger charge is -2.15. The topological polar surface area (TPSA) is 105 Å². The predicted octanol–water partition coefficient (Wildman–Crippen LogP) is 1.35. The van der Waals surface area contributed by atoms with E-state index in [9.17, 15) is 14.3 Å². The zero-order chi connectivity index (χ0) is 15.6. The fourth-order valence-corrected chi connectivity index (χ4v) is 1.92. The van der Waals surface area contributed by atoms with Gasteiger partial charge in [-0.1, -0.05) is 0 Å². The van der Waals surface area contributed by atoms with Gasteiger partial charge in [0, 0.05) is 11.6 Å². The summed E-state index contributed by atoms with van der Waals surface area (Å²) in [6.45, 7) is 0. The highest BCUT2D eigenvalue weighted by Gasteiger charge is 2.25. The maximum Gasteiger partial charge on any atom is 0.356 e. The summed E-state index contributed by atoms with van der Waals surface area (Å²) in [7, 11) is 2.72. The second-order valence-corrected chi connectivity index (χ2v) is 4.10. The summed E-state index contributed by atoms with van der Waals surface area (Å²) < 4.78 is 24.0. The third kappa shape index (κ3) is 2.65. The zero-order valence-corrected chi connectivity index (χ0v) is 11.3. The average molecular weight is 296 g/mol. The molecule has 1 atom stereocenters. The molecule has 2 aromatic rings. The number of nitrogens with zero attached hydrogens (tertiary/aromatic N) is 1. The van der Waals surface area contributed by atoms with Crippen LogP contribution < -0.4 is 9.47 Å². The minimum Gasteiger partial charge on any atom is -0.493 e.